The molecule has 0 spiro atoms. The molecular weight excluding hydrogens is 498 g/mol. The Morgan fingerprint density at radius 1 is 1.26 bits per heavy atom. The summed E-state index contributed by atoms with van der Waals surface area (Å²) < 4.78 is 6.49. The number of thioether (sulfide) groups is 1. The Hall–Kier alpha value is -0.990. The van der Waals surface area contributed by atoms with Gasteiger partial charge in [-0.3, -0.25) is 14.5 Å². The number of aromatic hydroxyl groups is 1. The van der Waals surface area contributed by atoms with Gasteiger partial charge in [0.25, 0.3) is 11.1 Å². The van der Waals surface area contributed by atoms with E-state index in [4.69, 9.17) is 4.74 Å². The summed E-state index contributed by atoms with van der Waals surface area (Å²) in [5.74, 6) is 0.474. The van der Waals surface area contributed by atoms with E-state index in [0.717, 1.165) is 24.6 Å². The van der Waals surface area contributed by atoms with E-state index in [1.54, 1.807) is 12.1 Å². The molecule has 1 saturated carbocycles. The van der Waals surface area contributed by atoms with Crippen LogP contribution in [0.1, 0.15) is 44.6 Å². The van der Waals surface area contributed by atoms with Gasteiger partial charge < -0.3 is 9.84 Å². The van der Waals surface area contributed by atoms with Gasteiger partial charge in [-0.05, 0) is 87.0 Å². The monoisotopic (exact) mass is 517 g/mol. The highest BCUT2D eigenvalue weighted by molar-refractivity contribution is 9.13. The van der Waals surface area contributed by atoms with Gasteiger partial charge in [-0.1, -0.05) is 19.3 Å². The van der Waals surface area contributed by atoms with Gasteiger partial charge in [0.2, 0.25) is 0 Å². The van der Waals surface area contributed by atoms with Crippen molar-refractivity contribution in [2.75, 3.05) is 13.2 Å². The lowest BCUT2D eigenvalue weighted by Crippen LogP contribution is -2.34. The topological polar surface area (TPSA) is 66.8 Å². The molecule has 1 aromatic carbocycles. The first-order valence-corrected chi connectivity index (χ1v) is 11.4. The fourth-order valence-electron chi connectivity index (χ4n) is 3.41. The molecule has 146 valence electrons. The molecule has 3 rings (SSSR count). The van der Waals surface area contributed by atoms with E-state index < -0.39 is 0 Å². The number of hydrogen-bond donors (Lipinski definition) is 1. The van der Waals surface area contributed by atoms with E-state index in [0.29, 0.717) is 44.2 Å². The van der Waals surface area contributed by atoms with Gasteiger partial charge in [-0.2, -0.15) is 0 Å². The molecule has 0 atom stereocenters. The lowest BCUT2D eigenvalue weighted by molar-refractivity contribution is -0.123. The predicted molar refractivity (Wildman–Crippen MR) is 114 cm³/mol. The Morgan fingerprint density at radius 2 is 1.96 bits per heavy atom. The number of carbonyl (C=O) groups is 2. The maximum Gasteiger partial charge on any atom is 0.293 e. The summed E-state index contributed by atoms with van der Waals surface area (Å²) in [6.45, 7) is 2.73. The van der Waals surface area contributed by atoms with Crippen LogP contribution in [-0.2, 0) is 4.79 Å². The zero-order chi connectivity index (χ0) is 19.6. The molecule has 0 bridgehead atoms. The lowest BCUT2D eigenvalue weighted by Gasteiger charge is -2.25. The van der Waals surface area contributed by atoms with Gasteiger partial charge in [-0.15, -0.1) is 0 Å². The van der Waals surface area contributed by atoms with Crippen molar-refractivity contribution in [2.45, 2.75) is 39.0 Å². The molecular formula is C19H21Br2NO4S. The zero-order valence-corrected chi connectivity index (χ0v) is 19.0. The van der Waals surface area contributed by atoms with E-state index >= 15 is 0 Å². The molecule has 2 amide bonds. The number of imide groups is 1. The molecule has 1 heterocycles. The molecule has 1 N–H and O–H groups in total. The average Bonchev–Trinajstić information content (AvgIpc) is 2.92. The number of phenolic OH excluding ortho intramolecular Hbond substituents is 1. The van der Waals surface area contributed by atoms with Crippen molar-refractivity contribution < 1.29 is 19.4 Å². The van der Waals surface area contributed by atoms with Crippen LogP contribution >= 0.6 is 43.6 Å². The molecule has 1 saturated heterocycles. The maximum atomic E-state index is 12.8. The molecule has 0 aromatic heterocycles. The number of benzene rings is 1. The molecule has 0 radical (unpaired) electrons. The highest BCUT2D eigenvalue weighted by Crippen LogP contribution is 2.44. The minimum Gasteiger partial charge on any atom is -0.503 e. The van der Waals surface area contributed by atoms with Crippen molar-refractivity contribution in [3.8, 4) is 11.5 Å². The first kappa shape index (κ1) is 20.7. The fraction of sp³-hybridized carbons (Fsp3) is 0.474. The molecule has 27 heavy (non-hydrogen) atoms. The SMILES string of the molecule is CCOc1cc(/C=C2/SC(=O)N(CC3CCCCC3)C2=O)c(Br)c(Br)c1O. The largest absolute Gasteiger partial charge is 0.503 e. The number of amides is 2. The van der Waals surface area contributed by atoms with Crippen LogP contribution in [0, 0.1) is 5.92 Å². The average molecular weight is 519 g/mol. The Balaban J connectivity index is 1.85. The van der Waals surface area contributed by atoms with Gasteiger partial charge in [0.15, 0.2) is 11.5 Å². The first-order chi connectivity index (χ1) is 12.9. The Morgan fingerprint density at radius 3 is 2.63 bits per heavy atom. The molecule has 0 unspecified atom stereocenters. The lowest BCUT2D eigenvalue weighted by atomic mass is 9.89. The van der Waals surface area contributed by atoms with Gasteiger partial charge in [0, 0.05) is 11.0 Å². The molecule has 2 aliphatic rings. The van der Waals surface area contributed by atoms with E-state index in [2.05, 4.69) is 31.9 Å². The second kappa shape index (κ2) is 9.01. The molecule has 1 aromatic rings. The van der Waals surface area contributed by atoms with Crippen LogP contribution in [0.4, 0.5) is 4.79 Å². The number of hydrogen-bond acceptors (Lipinski definition) is 5. The van der Waals surface area contributed by atoms with Crippen LogP contribution in [0.5, 0.6) is 11.5 Å². The number of halogens is 2. The first-order valence-electron chi connectivity index (χ1n) is 9.01. The summed E-state index contributed by atoms with van der Waals surface area (Å²) >= 11 is 7.72. The second-order valence-corrected chi connectivity index (χ2v) is 9.25. The highest BCUT2D eigenvalue weighted by atomic mass is 79.9. The molecule has 5 nitrogen and oxygen atoms in total. The summed E-state index contributed by atoms with van der Waals surface area (Å²) in [6, 6.07) is 1.66. The summed E-state index contributed by atoms with van der Waals surface area (Å²) in [4.78, 5) is 26.9. The third-order valence-corrected chi connectivity index (χ3v) is 7.87. The molecule has 8 heteroatoms. The van der Waals surface area contributed by atoms with Gasteiger partial charge in [-0.25, -0.2) is 0 Å². The van der Waals surface area contributed by atoms with Crippen molar-refractivity contribution in [1.29, 1.82) is 0 Å². The summed E-state index contributed by atoms with van der Waals surface area (Å²) in [5.41, 5.74) is 0.659. The highest BCUT2D eigenvalue weighted by Gasteiger charge is 2.36. The summed E-state index contributed by atoms with van der Waals surface area (Å²) in [5, 5.41) is 9.94. The van der Waals surface area contributed by atoms with E-state index in [9.17, 15) is 14.7 Å². The summed E-state index contributed by atoms with van der Waals surface area (Å²) in [7, 11) is 0. The number of nitrogens with zero attached hydrogens (tertiary/aromatic N) is 1. The Labute approximate surface area is 179 Å². The van der Waals surface area contributed by atoms with Crippen molar-refractivity contribution in [1.82, 2.24) is 4.90 Å². The van der Waals surface area contributed by atoms with Gasteiger partial charge in [0.1, 0.15) is 0 Å². The van der Waals surface area contributed by atoms with Crippen LogP contribution in [0.25, 0.3) is 6.08 Å². The third-order valence-electron chi connectivity index (χ3n) is 4.80. The quantitative estimate of drug-likeness (QED) is 0.489. The zero-order valence-electron chi connectivity index (χ0n) is 15.0. The van der Waals surface area contributed by atoms with E-state index in [-0.39, 0.29) is 16.9 Å². The van der Waals surface area contributed by atoms with Gasteiger partial charge >= 0.3 is 0 Å². The fourth-order valence-corrected chi connectivity index (χ4v) is 5.09. The van der Waals surface area contributed by atoms with E-state index in [1.807, 2.05) is 6.92 Å². The van der Waals surface area contributed by atoms with Crippen LogP contribution < -0.4 is 4.74 Å². The number of rotatable bonds is 5. The smallest absolute Gasteiger partial charge is 0.293 e. The van der Waals surface area contributed by atoms with Crippen molar-refractivity contribution in [3.63, 3.8) is 0 Å². The van der Waals surface area contributed by atoms with Gasteiger partial charge in [0.05, 0.1) is 16.0 Å². The van der Waals surface area contributed by atoms with Crippen molar-refractivity contribution in [3.05, 3.63) is 25.5 Å². The maximum absolute atomic E-state index is 12.8. The Kier molecular flexibility index (Phi) is 6.92. The number of phenols is 1. The predicted octanol–water partition coefficient (Wildman–Crippen LogP) is 5.93. The normalized spacial score (nSPS) is 20.0. The minimum atomic E-state index is -0.246. The molecule has 1 aliphatic heterocycles. The second-order valence-electron chi connectivity index (χ2n) is 6.67. The van der Waals surface area contributed by atoms with Crippen LogP contribution in [0.3, 0.4) is 0 Å². The number of ether oxygens (including phenoxy) is 1. The van der Waals surface area contributed by atoms with Crippen LogP contribution in [-0.4, -0.2) is 34.3 Å². The number of carbonyl (C=O) groups excluding carboxylic acids is 2. The van der Waals surface area contributed by atoms with Crippen LogP contribution in [0.2, 0.25) is 0 Å². The molecule has 1 aliphatic carbocycles. The van der Waals surface area contributed by atoms with Crippen molar-refractivity contribution in [2.24, 2.45) is 5.92 Å². The van der Waals surface area contributed by atoms with E-state index in [1.165, 1.54) is 24.2 Å². The van der Waals surface area contributed by atoms with Crippen LogP contribution in [0.15, 0.2) is 19.9 Å². The minimum absolute atomic E-state index is 0.00808. The van der Waals surface area contributed by atoms with Crippen molar-refractivity contribution >= 4 is 60.8 Å². The standard InChI is InChI=1S/C19H21Br2NO4S/c1-2-26-13-8-12(15(20)16(21)17(13)23)9-14-18(24)22(19(25)27-14)10-11-6-4-3-5-7-11/h8-9,11,23H,2-7,10H2,1H3/b14-9+. The summed E-state index contributed by atoms with van der Waals surface area (Å²) in [6.07, 6.45) is 7.41. The third kappa shape index (κ3) is 4.54. The Bertz CT molecular complexity index is 790. The molecule has 2 fully saturated rings.